The van der Waals surface area contributed by atoms with Crippen LogP contribution in [0.25, 0.3) is 0 Å². The summed E-state index contributed by atoms with van der Waals surface area (Å²) in [7, 11) is 0. The molecule has 1 N–H and O–H groups in total. The van der Waals surface area contributed by atoms with Gasteiger partial charge in [0.05, 0.1) is 17.5 Å². The van der Waals surface area contributed by atoms with Gasteiger partial charge in [-0.1, -0.05) is 12.1 Å². The van der Waals surface area contributed by atoms with E-state index in [2.05, 4.69) is 20.8 Å². The predicted octanol–water partition coefficient (Wildman–Crippen LogP) is 1.99. The second-order valence-corrected chi connectivity index (χ2v) is 6.34. The highest BCUT2D eigenvalue weighted by molar-refractivity contribution is 7.99. The minimum Gasteiger partial charge on any atom is -0.355 e. The number of aromatic nitrogens is 4. The summed E-state index contributed by atoms with van der Waals surface area (Å²) in [4.78, 5) is 11.8. The van der Waals surface area contributed by atoms with Gasteiger partial charge in [0.15, 0.2) is 5.82 Å². The van der Waals surface area contributed by atoms with E-state index >= 15 is 0 Å². The van der Waals surface area contributed by atoms with Crippen LogP contribution in [-0.2, 0) is 17.0 Å². The Morgan fingerprint density at radius 3 is 3.00 bits per heavy atom. The Hall–Kier alpha value is -1.96. The monoisotopic (exact) mass is 337 g/mol. The van der Waals surface area contributed by atoms with Gasteiger partial charge in [0.25, 0.3) is 0 Å². The van der Waals surface area contributed by atoms with Gasteiger partial charge in [-0.15, -0.1) is 16.9 Å². The zero-order valence-corrected chi connectivity index (χ0v) is 14.0. The lowest BCUT2D eigenvalue weighted by Crippen LogP contribution is -2.27. The first-order chi connectivity index (χ1) is 11.1. The Kier molecular flexibility index (Phi) is 6.52. The van der Waals surface area contributed by atoms with Gasteiger partial charge in [0.1, 0.15) is 5.82 Å². The highest BCUT2D eigenvalue weighted by atomic mass is 32.2. The second kappa shape index (κ2) is 8.61. The summed E-state index contributed by atoms with van der Waals surface area (Å²) in [5, 5.41) is 14.4. The smallest absolute Gasteiger partial charge is 0.230 e. The fraction of sp³-hybridized carbons (Fsp3) is 0.467. The average Bonchev–Trinajstić information content (AvgIpc) is 2.96. The fourth-order valence-corrected chi connectivity index (χ4v) is 2.80. The van der Waals surface area contributed by atoms with E-state index in [0.717, 1.165) is 11.4 Å². The van der Waals surface area contributed by atoms with Crippen molar-refractivity contribution in [2.45, 2.75) is 32.1 Å². The fourth-order valence-electron chi connectivity index (χ4n) is 2.03. The van der Waals surface area contributed by atoms with Crippen LogP contribution in [0.5, 0.6) is 0 Å². The summed E-state index contributed by atoms with van der Waals surface area (Å²) in [6.07, 6.45) is 0.611. The zero-order chi connectivity index (χ0) is 16.7. The van der Waals surface area contributed by atoms with Gasteiger partial charge in [-0.05, 0) is 48.4 Å². The minimum atomic E-state index is -0.257. The van der Waals surface area contributed by atoms with Crippen LogP contribution in [-0.4, -0.2) is 38.4 Å². The molecule has 6 nitrogen and oxygen atoms in total. The maximum Gasteiger partial charge on any atom is 0.230 e. The van der Waals surface area contributed by atoms with Crippen molar-refractivity contribution in [1.29, 1.82) is 0 Å². The van der Waals surface area contributed by atoms with Crippen molar-refractivity contribution < 1.29 is 9.18 Å². The Morgan fingerprint density at radius 2 is 2.26 bits per heavy atom. The van der Waals surface area contributed by atoms with Crippen LogP contribution in [0.1, 0.15) is 31.3 Å². The molecule has 1 aromatic heterocycles. The van der Waals surface area contributed by atoms with E-state index in [1.54, 1.807) is 10.7 Å². The summed E-state index contributed by atoms with van der Waals surface area (Å²) in [5.41, 5.74) is 0.870. The molecule has 0 aliphatic carbocycles. The Labute approximate surface area is 138 Å². The van der Waals surface area contributed by atoms with Gasteiger partial charge in [-0.3, -0.25) is 4.79 Å². The van der Waals surface area contributed by atoms with Crippen LogP contribution < -0.4 is 5.32 Å². The van der Waals surface area contributed by atoms with Crippen molar-refractivity contribution >= 4 is 17.7 Å². The summed E-state index contributed by atoms with van der Waals surface area (Å²) in [6, 6.07) is 6.59. The highest BCUT2D eigenvalue weighted by Gasteiger charge is 2.10. The van der Waals surface area contributed by atoms with Gasteiger partial charge in [-0.2, -0.15) is 0 Å². The Morgan fingerprint density at radius 1 is 1.43 bits per heavy atom. The number of tetrazole rings is 1. The van der Waals surface area contributed by atoms with Crippen molar-refractivity contribution in [3.63, 3.8) is 0 Å². The van der Waals surface area contributed by atoms with Crippen molar-refractivity contribution in [2.24, 2.45) is 0 Å². The van der Waals surface area contributed by atoms with E-state index in [4.69, 9.17) is 0 Å². The van der Waals surface area contributed by atoms with Crippen LogP contribution in [0.15, 0.2) is 24.3 Å². The van der Waals surface area contributed by atoms with Gasteiger partial charge >= 0.3 is 0 Å². The molecule has 2 aromatic rings. The van der Waals surface area contributed by atoms with Crippen molar-refractivity contribution in [1.82, 2.24) is 25.5 Å². The molecule has 0 unspecified atom stereocenters. The largest absolute Gasteiger partial charge is 0.355 e. The van der Waals surface area contributed by atoms with E-state index < -0.39 is 0 Å². The topological polar surface area (TPSA) is 72.7 Å². The van der Waals surface area contributed by atoms with Gasteiger partial charge < -0.3 is 5.32 Å². The van der Waals surface area contributed by atoms with E-state index in [1.807, 2.05) is 19.9 Å². The van der Waals surface area contributed by atoms with Gasteiger partial charge in [0, 0.05) is 6.54 Å². The lowest BCUT2D eigenvalue weighted by atomic mass is 10.1. The summed E-state index contributed by atoms with van der Waals surface area (Å²) >= 11 is 1.46. The number of halogens is 1. The molecule has 23 heavy (non-hydrogen) atoms. The SMILES string of the molecule is CC(C)n1nnnc1CSCC(=O)NCCc1cccc(F)c1. The van der Waals surface area contributed by atoms with Crippen molar-refractivity contribution in [3.05, 3.63) is 41.5 Å². The van der Waals surface area contributed by atoms with Crippen LogP contribution in [0.3, 0.4) is 0 Å². The molecule has 0 aliphatic rings. The zero-order valence-electron chi connectivity index (χ0n) is 13.2. The molecular weight excluding hydrogens is 317 g/mol. The predicted molar refractivity (Wildman–Crippen MR) is 87.5 cm³/mol. The number of hydrogen-bond donors (Lipinski definition) is 1. The third-order valence-electron chi connectivity index (χ3n) is 3.14. The standard InChI is InChI=1S/C15H20FN5OS/c1-11(2)21-14(18-19-20-21)9-23-10-15(22)17-7-6-12-4-3-5-13(16)8-12/h3-5,8,11H,6-7,9-10H2,1-2H3,(H,17,22). The molecule has 0 bridgehead atoms. The number of benzene rings is 1. The molecule has 0 saturated carbocycles. The number of hydrogen-bond acceptors (Lipinski definition) is 5. The first kappa shape index (κ1) is 17.4. The second-order valence-electron chi connectivity index (χ2n) is 5.36. The number of nitrogens with zero attached hydrogens (tertiary/aromatic N) is 4. The molecule has 124 valence electrons. The lowest BCUT2D eigenvalue weighted by Gasteiger charge is -2.08. The van der Waals surface area contributed by atoms with Crippen molar-refractivity contribution in [3.8, 4) is 0 Å². The molecule has 0 fully saturated rings. The maximum absolute atomic E-state index is 13.0. The molecule has 0 saturated heterocycles. The van der Waals surface area contributed by atoms with E-state index in [0.29, 0.717) is 24.5 Å². The molecule has 0 aliphatic heterocycles. The van der Waals surface area contributed by atoms with E-state index in [-0.39, 0.29) is 17.8 Å². The molecule has 1 heterocycles. The molecular formula is C15H20FN5OS. The summed E-state index contributed by atoms with van der Waals surface area (Å²) in [6.45, 7) is 4.50. The highest BCUT2D eigenvalue weighted by Crippen LogP contribution is 2.12. The third kappa shape index (κ3) is 5.63. The molecule has 0 spiro atoms. The van der Waals surface area contributed by atoms with E-state index in [1.165, 1.54) is 23.9 Å². The molecule has 1 amide bonds. The number of amides is 1. The summed E-state index contributed by atoms with van der Waals surface area (Å²) < 4.78 is 14.8. The third-order valence-corrected chi connectivity index (χ3v) is 4.07. The normalized spacial score (nSPS) is 11.0. The molecule has 1 aromatic carbocycles. The lowest BCUT2D eigenvalue weighted by molar-refractivity contribution is -0.118. The van der Waals surface area contributed by atoms with E-state index in [9.17, 15) is 9.18 Å². The van der Waals surface area contributed by atoms with Crippen LogP contribution in [0.2, 0.25) is 0 Å². The number of nitrogens with one attached hydrogen (secondary N) is 1. The van der Waals surface area contributed by atoms with Gasteiger partial charge in [0.2, 0.25) is 5.91 Å². The first-order valence-corrected chi connectivity index (χ1v) is 8.57. The first-order valence-electron chi connectivity index (χ1n) is 7.42. The van der Waals surface area contributed by atoms with Gasteiger partial charge in [-0.25, -0.2) is 9.07 Å². The number of thioether (sulfide) groups is 1. The Bertz CT molecular complexity index is 646. The molecule has 2 rings (SSSR count). The maximum atomic E-state index is 13.0. The van der Waals surface area contributed by atoms with Crippen LogP contribution in [0.4, 0.5) is 4.39 Å². The molecule has 0 atom stereocenters. The number of carbonyl (C=O) groups is 1. The molecule has 8 heteroatoms. The summed E-state index contributed by atoms with van der Waals surface area (Å²) in [5.74, 6) is 1.39. The van der Waals surface area contributed by atoms with Crippen LogP contribution in [0, 0.1) is 5.82 Å². The average molecular weight is 337 g/mol. The van der Waals surface area contributed by atoms with Crippen molar-refractivity contribution in [2.75, 3.05) is 12.3 Å². The Balaban J connectivity index is 1.66. The minimum absolute atomic E-state index is 0.0463. The number of carbonyl (C=O) groups excluding carboxylic acids is 1. The molecule has 0 radical (unpaired) electrons. The number of rotatable bonds is 8. The quantitative estimate of drug-likeness (QED) is 0.797. The van der Waals surface area contributed by atoms with Crippen LogP contribution >= 0.6 is 11.8 Å².